The van der Waals surface area contributed by atoms with Gasteiger partial charge in [0.05, 0.1) is 0 Å². The average molecular weight is 310 g/mol. The Morgan fingerprint density at radius 1 is 1.06 bits per heavy atom. The molecular formula is C12H12BrN3O2. The molecule has 0 unspecified atom stereocenters. The normalized spacial score (nSPS) is 10.4. The van der Waals surface area contributed by atoms with Gasteiger partial charge in [0.25, 0.3) is 5.56 Å². The van der Waals surface area contributed by atoms with Crippen molar-refractivity contribution in [1.29, 1.82) is 0 Å². The van der Waals surface area contributed by atoms with Crippen molar-refractivity contribution in [3.8, 4) is 0 Å². The van der Waals surface area contributed by atoms with Gasteiger partial charge in [0, 0.05) is 30.3 Å². The SMILES string of the molecule is Cn1c(Nc2ccc(Br)cc2)cc(=O)n(C)c1=O. The van der Waals surface area contributed by atoms with Crippen LogP contribution in [0.5, 0.6) is 0 Å². The van der Waals surface area contributed by atoms with E-state index in [4.69, 9.17) is 0 Å². The van der Waals surface area contributed by atoms with Crippen molar-refractivity contribution in [1.82, 2.24) is 9.13 Å². The summed E-state index contributed by atoms with van der Waals surface area (Å²) in [7, 11) is 3.07. The summed E-state index contributed by atoms with van der Waals surface area (Å²) in [5, 5.41) is 3.04. The molecule has 0 saturated carbocycles. The molecule has 0 amide bonds. The van der Waals surface area contributed by atoms with Crippen LogP contribution in [0.15, 0.2) is 44.4 Å². The highest BCUT2D eigenvalue weighted by Crippen LogP contribution is 2.17. The Balaban J connectivity index is 2.44. The van der Waals surface area contributed by atoms with Crippen molar-refractivity contribution in [2.75, 3.05) is 5.32 Å². The lowest BCUT2D eigenvalue weighted by Gasteiger charge is -2.11. The summed E-state index contributed by atoms with van der Waals surface area (Å²) in [6, 6.07) is 8.85. The van der Waals surface area contributed by atoms with Gasteiger partial charge in [-0.1, -0.05) is 15.9 Å². The molecular weight excluding hydrogens is 298 g/mol. The van der Waals surface area contributed by atoms with Gasteiger partial charge < -0.3 is 5.32 Å². The minimum absolute atomic E-state index is 0.335. The van der Waals surface area contributed by atoms with E-state index in [0.29, 0.717) is 5.82 Å². The van der Waals surface area contributed by atoms with Crippen LogP contribution in [0.1, 0.15) is 0 Å². The zero-order valence-electron chi connectivity index (χ0n) is 9.98. The molecule has 1 aromatic carbocycles. The molecule has 0 radical (unpaired) electrons. The van der Waals surface area contributed by atoms with Crippen LogP contribution in [0.2, 0.25) is 0 Å². The number of nitrogens with zero attached hydrogens (tertiary/aromatic N) is 2. The molecule has 0 spiro atoms. The Bertz CT molecular complexity index is 686. The van der Waals surface area contributed by atoms with E-state index in [1.807, 2.05) is 24.3 Å². The first-order valence-corrected chi connectivity index (χ1v) is 6.08. The zero-order valence-corrected chi connectivity index (χ0v) is 11.6. The second kappa shape index (κ2) is 4.81. The van der Waals surface area contributed by atoms with Crippen molar-refractivity contribution in [2.45, 2.75) is 0 Å². The van der Waals surface area contributed by atoms with Crippen LogP contribution in [-0.4, -0.2) is 9.13 Å². The van der Waals surface area contributed by atoms with Crippen molar-refractivity contribution in [3.05, 3.63) is 55.6 Å². The van der Waals surface area contributed by atoms with E-state index in [1.54, 1.807) is 7.05 Å². The summed E-state index contributed by atoms with van der Waals surface area (Å²) in [4.78, 5) is 23.3. The minimum atomic E-state index is -0.359. The van der Waals surface area contributed by atoms with Gasteiger partial charge >= 0.3 is 5.69 Å². The van der Waals surface area contributed by atoms with Crippen LogP contribution in [0.3, 0.4) is 0 Å². The Hall–Kier alpha value is -1.82. The first-order chi connectivity index (χ1) is 8.49. The molecule has 1 aromatic heterocycles. The molecule has 5 nitrogen and oxygen atoms in total. The van der Waals surface area contributed by atoms with Crippen molar-refractivity contribution < 1.29 is 0 Å². The molecule has 2 aromatic rings. The maximum atomic E-state index is 11.7. The molecule has 18 heavy (non-hydrogen) atoms. The predicted molar refractivity (Wildman–Crippen MR) is 74.3 cm³/mol. The number of anilines is 2. The lowest BCUT2D eigenvalue weighted by atomic mass is 10.3. The van der Waals surface area contributed by atoms with Crippen molar-refractivity contribution >= 4 is 27.4 Å². The summed E-state index contributed by atoms with van der Waals surface area (Å²) in [6.07, 6.45) is 0. The van der Waals surface area contributed by atoms with Gasteiger partial charge in [-0.3, -0.25) is 13.9 Å². The van der Waals surface area contributed by atoms with Crippen LogP contribution in [0, 0.1) is 0 Å². The molecule has 2 rings (SSSR count). The molecule has 0 bridgehead atoms. The number of nitrogens with one attached hydrogen (secondary N) is 1. The largest absolute Gasteiger partial charge is 0.341 e. The van der Waals surface area contributed by atoms with Gasteiger partial charge in [0.1, 0.15) is 5.82 Å². The van der Waals surface area contributed by atoms with E-state index in [2.05, 4.69) is 21.2 Å². The molecule has 6 heteroatoms. The molecule has 1 heterocycles. The minimum Gasteiger partial charge on any atom is -0.341 e. The standard InChI is InChI=1S/C12H12BrN3O2/c1-15-10(7-11(17)16(2)12(15)18)14-9-5-3-8(13)4-6-9/h3-7,14H,1-2H3. The molecule has 0 aliphatic heterocycles. The smallest absolute Gasteiger partial charge is 0.332 e. The Labute approximate surface area is 112 Å². The molecule has 0 fully saturated rings. The second-order valence-corrected chi connectivity index (χ2v) is 4.82. The Kier molecular flexibility index (Phi) is 3.38. The highest BCUT2D eigenvalue weighted by atomic mass is 79.9. The summed E-state index contributed by atoms with van der Waals surface area (Å²) in [5.74, 6) is 0.463. The quantitative estimate of drug-likeness (QED) is 0.916. The zero-order chi connectivity index (χ0) is 13.3. The number of hydrogen-bond acceptors (Lipinski definition) is 3. The number of hydrogen-bond donors (Lipinski definition) is 1. The second-order valence-electron chi connectivity index (χ2n) is 3.90. The van der Waals surface area contributed by atoms with E-state index in [0.717, 1.165) is 14.7 Å². The fourth-order valence-corrected chi connectivity index (χ4v) is 1.80. The maximum absolute atomic E-state index is 11.7. The van der Waals surface area contributed by atoms with Crippen LogP contribution >= 0.6 is 15.9 Å². The van der Waals surface area contributed by atoms with Crippen LogP contribution in [-0.2, 0) is 14.1 Å². The van der Waals surface area contributed by atoms with Crippen LogP contribution < -0.4 is 16.6 Å². The van der Waals surface area contributed by atoms with E-state index in [9.17, 15) is 9.59 Å². The average Bonchev–Trinajstić information content (AvgIpc) is 2.36. The first-order valence-electron chi connectivity index (χ1n) is 5.28. The lowest BCUT2D eigenvalue weighted by Crippen LogP contribution is -2.37. The number of rotatable bonds is 2. The van der Waals surface area contributed by atoms with Gasteiger partial charge in [-0.15, -0.1) is 0 Å². The summed E-state index contributed by atoms with van der Waals surface area (Å²) in [5.41, 5.74) is 0.112. The Morgan fingerprint density at radius 2 is 1.67 bits per heavy atom. The molecule has 0 aliphatic carbocycles. The number of halogens is 1. The van der Waals surface area contributed by atoms with E-state index in [1.165, 1.54) is 17.7 Å². The highest BCUT2D eigenvalue weighted by molar-refractivity contribution is 9.10. The van der Waals surface area contributed by atoms with Gasteiger partial charge in [-0.2, -0.15) is 0 Å². The molecule has 0 saturated heterocycles. The van der Waals surface area contributed by atoms with Gasteiger partial charge in [0.2, 0.25) is 0 Å². The summed E-state index contributed by atoms with van der Waals surface area (Å²) >= 11 is 3.34. The third-order valence-electron chi connectivity index (χ3n) is 2.64. The number of benzene rings is 1. The van der Waals surface area contributed by atoms with Crippen LogP contribution in [0.25, 0.3) is 0 Å². The van der Waals surface area contributed by atoms with Crippen molar-refractivity contribution in [2.24, 2.45) is 14.1 Å². The van der Waals surface area contributed by atoms with E-state index >= 15 is 0 Å². The summed E-state index contributed by atoms with van der Waals surface area (Å²) < 4.78 is 3.42. The lowest BCUT2D eigenvalue weighted by molar-refractivity contribution is 0.693. The third kappa shape index (κ3) is 2.38. The van der Waals surface area contributed by atoms with Gasteiger partial charge in [0.15, 0.2) is 0 Å². The highest BCUT2D eigenvalue weighted by Gasteiger charge is 2.05. The van der Waals surface area contributed by atoms with E-state index in [-0.39, 0.29) is 11.2 Å². The van der Waals surface area contributed by atoms with E-state index < -0.39 is 0 Å². The number of aromatic nitrogens is 2. The van der Waals surface area contributed by atoms with Gasteiger partial charge in [-0.05, 0) is 24.3 Å². The monoisotopic (exact) mass is 309 g/mol. The Morgan fingerprint density at radius 3 is 2.28 bits per heavy atom. The van der Waals surface area contributed by atoms with Crippen molar-refractivity contribution in [3.63, 3.8) is 0 Å². The first kappa shape index (κ1) is 12.6. The predicted octanol–water partition coefficient (Wildman–Crippen LogP) is 1.59. The molecule has 0 atom stereocenters. The molecule has 0 aliphatic rings. The van der Waals surface area contributed by atoms with Crippen LogP contribution in [0.4, 0.5) is 11.5 Å². The van der Waals surface area contributed by atoms with Gasteiger partial charge in [-0.25, -0.2) is 4.79 Å². The fourth-order valence-electron chi connectivity index (χ4n) is 1.53. The molecule has 1 N–H and O–H groups in total. The fraction of sp³-hybridized carbons (Fsp3) is 0.167. The molecule has 94 valence electrons. The summed E-state index contributed by atoms with van der Waals surface area (Å²) in [6.45, 7) is 0. The maximum Gasteiger partial charge on any atom is 0.332 e. The third-order valence-corrected chi connectivity index (χ3v) is 3.17. The topological polar surface area (TPSA) is 56.0 Å².